The first-order valence-corrected chi connectivity index (χ1v) is 11.1. The summed E-state index contributed by atoms with van der Waals surface area (Å²) in [6.45, 7) is -2.83. The van der Waals surface area contributed by atoms with Crippen molar-refractivity contribution in [2.75, 3.05) is 0 Å². The van der Waals surface area contributed by atoms with Crippen molar-refractivity contribution in [1.29, 1.82) is 0 Å². The molecule has 12 heteroatoms. The van der Waals surface area contributed by atoms with Crippen molar-refractivity contribution < 1.29 is 31.5 Å². The fraction of sp³-hybridized carbons (Fsp3) is 0.190. The first kappa shape index (κ1) is 22.4. The zero-order chi connectivity index (χ0) is 23.6. The zero-order valence-corrected chi connectivity index (χ0v) is 17.8. The molecule has 9 nitrogen and oxygen atoms in total. The second-order valence-corrected chi connectivity index (χ2v) is 8.95. The van der Waals surface area contributed by atoms with Gasteiger partial charge in [-0.2, -0.15) is 26.4 Å². The van der Waals surface area contributed by atoms with Gasteiger partial charge in [-0.25, -0.2) is 0 Å². The third-order valence-electron chi connectivity index (χ3n) is 5.08. The van der Waals surface area contributed by atoms with Gasteiger partial charge < -0.3 is 15.0 Å². The van der Waals surface area contributed by atoms with Crippen molar-refractivity contribution in [1.82, 2.24) is 19.4 Å². The fourth-order valence-electron chi connectivity index (χ4n) is 3.51. The molecule has 172 valence electrons. The van der Waals surface area contributed by atoms with Crippen LogP contribution in [0, 0.1) is 0 Å². The quantitative estimate of drug-likeness (QED) is 0.499. The summed E-state index contributed by atoms with van der Waals surface area (Å²) < 4.78 is 55.3. The maximum absolute atomic E-state index is 13.0. The molecule has 4 rings (SSSR count). The molecule has 2 aromatic carbocycles. The van der Waals surface area contributed by atoms with E-state index in [9.17, 15) is 26.8 Å². The lowest BCUT2D eigenvalue weighted by molar-refractivity contribution is -0.135. The van der Waals surface area contributed by atoms with Crippen molar-refractivity contribution in [3.05, 3.63) is 77.6 Å². The van der Waals surface area contributed by atoms with Gasteiger partial charge in [-0.1, -0.05) is 30.3 Å². The molecule has 0 saturated carbocycles. The summed E-state index contributed by atoms with van der Waals surface area (Å²) in [5.41, 5.74) is 1.57. The molecule has 0 unspecified atom stereocenters. The van der Waals surface area contributed by atoms with Crippen molar-refractivity contribution in [2.45, 2.75) is 30.6 Å². The highest BCUT2D eigenvalue weighted by Crippen LogP contribution is 2.27. The van der Waals surface area contributed by atoms with E-state index in [-0.39, 0.29) is 29.6 Å². The normalized spacial score (nSPS) is 14.1. The number of rotatable bonds is 8. The second kappa shape index (κ2) is 8.98. The number of ether oxygens (including phenoxy) is 1. The Kier molecular flexibility index (Phi) is 6.09. The number of halogens is 2. The highest BCUT2D eigenvalue weighted by molar-refractivity contribution is 7.89. The van der Waals surface area contributed by atoms with E-state index in [1.807, 2.05) is 0 Å². The van der Waals surface area contributed by atoms with Crippen LogP contribution < -0.4 is 10.1 Å². The smallest absolute Gasteiger partial charge is 0.387 e. The van der Waals surface area contributed by atoms with Crippen LogP contribution in [0.25, 0.3) is 0 Å². The van der Waals surface area contributed by atoms with E-state index >= 15 is 0 Å². The lowest BCUT2D eigenvalue weighted by Crippen LogP contribution is -2.38. The molecule has 0 bridgehead atoms. The Morgan fingerprint density at radius 3 is 2.39 bits per heavy atom. The third-order valence-corrected chi connectivity index (χ3v) is 6.62. The zero-order valence-electron chi connectivity index (χ0n) is 17.0. The number of hydrogen-bond acceptors (Lipinski definition) is 6. The molecular weight excluding hydrogens is 458 g/mol. The Bertz CT molecular complexity index is 1240. The number of nitrogens with zero attached hydrogens (tertiary/aromatic N) is 3. The molecule has 1 N–H and O–H groups in total. The Balaban J connectivity index is 1.51. The topological polar surface area (TPSA) is 111 Å². The molecule has 2 amide bonds. The number of carbonyl (C=O) groups excluding carboxylic acids is 2. The van der Waals surface area contributed by atoms with E-state index in [1.165, 1.54) is 11.1 Å². The number of hydrogen-bond donors (Lipinski definition) is 1. The summed E-state index contributed by atoms with van der Waals surface area (Å²) in [6, 6.07) is 12.4. The lowest BCUT2D eigenvalue weighted by Gasteiger charge is -2.23. The minimum atomic E-state index is -4.07. The lowest BCUT2D eigenvalue weighted by atomic mass is 10.1. The largest absolute Gasteiger partial charge is 0.435 e. The number of amides is 2. The minimum Gasteiger partial charge on any atom is -0.435 e. The average molecular weight is 476 g/mol. The summed E-state index contributed by atoms with van der Waals surface area (Å²) in [5, 5.41) is 6.63. The Hall–Kier alpha value is -3.80. The van der Waals surface area contributed by atoms with Crippen LogP contribution in [0.2, 0.25) is 0 Å². The number of carbonyl (C=O) groups is 2. The van der Waals surface area contributed by atoms with Crippen LogP contribution in [0.3, 0.4) is 0 Å². The molecule has 1 atom stereocenters. The molecule has 0 fully saturated rings. The van der Waals surface area contributed by atoms with Crippen LogP contribution >= 0.6 is 0 Å². The Labute approximate surface area is 187 Å². The van der Waals surface area contributed by atoms with Gasteiger partial charge in [0.15, 0.2) is 0 Å². The maximum atomic E-state index is 13.0. The van der Waals surface area contributed by atoms with E-state index in [1.54, 1.807) is 30.3 Å². The number of fused-ring (bicyclic) bond motifs is 1. The van der Waals surface area contributed by atoms with E-state index in [2.05, 4.69) is 15.2 Å². The molecule has 0 saturated heterocycles. The predicted molar refractivity (Wildman–Crippen MR) is 111 cm³/mol. The molecular formula is C21H18F2N4O5S. The second-order valence-electron chi connectivity index (χ2n) is 7.15. The molecule has 0 spiro atoms. The molecule has 1 aliphatic heterocycles. The first-order valence-electron chi connectivity index (χ1n) is 9.71. The van der Waals surface area contributed by atoms with Crippen LogP contribution in [0.15, 0.2) is 65.7 Å². The van der Waals surface area contributed by atoms with E-state index in [0.717, 1.165) is 28.4 Å². The van der Waals surface area contributed by atoms with Gasteiger partial charge in [-0.3, -0.25) is 9.59 Å². The van der Waals surface area contributed by atoms with Crippen LogP contribution in [-0.4, -0.2) is 41.4 Å². The highest BCUT2D eigenvalue weighted by atomic mass is 32.2. The SMILES string of the molecule is O=CN[C@H](C(=O)N1Cc2cn(S(=O)(=O)c3ccc(OC(F)F)cc3)nc2C1)c1ccccc1. The molecule has 1 aliphatic rings. The van der Waals surface area contributed by atoms with Crippen LogP contribution in [0.1, 0.15) is 22.9 Å². The Morgan fingerprint density at radius 2 is 1.79 bits per heavy atom. The maximum Gasteiger partial charge on any atom is 0.387 e. The average Bonchev–Trinajstić information content (AvgIpc) is 3.38. The fourth-order valence-corrected chi connectivity index (χ4v) is 4.68. The van der Waals surface area contributed by atoms with Crippen molar-refractivity contribution in [2.24, 2.45) is 0 Å². The Morgan fingerprint density at radius 1 is 1.09 bits per heavy atom. The monoisotopic (exact) mass is 476 g/mol. The van der Waals surface area contributed by atoms with Gasteiger partial charge in [-0.15, -0.1) is 0 Å². The molecule has 33 heavy (non-hydrogen) atoms. The minimum absolute atomic E-state index is 0.0712. The van der Waals surface area contributed by atoms with E-state index < -0.39 is 22.7 Å². The number of alkyl halides is 2. The van der Waals surface area contributed by atoms with Crippen LogP contribution in [0.4, 0.5) is 8.78 Å². The summed E-state index contributed by atoms with van der Waals surface area (Å²) in [6.07, 6.45) is 1.77. The van der Waals surface area contributed by atoms with Gasteiger partial charge in [0, 0.05) is 18.3 Å². The van der Waals surface area contributed by atoms with E-state index in [0.29, 0.717) is 23.2 Å². The predicted octanol–water partition coefficient (Wildman–Crippen LogP) is 2.05. The summed E-state index contributed by atoms with van der Waals surface area (Å²) in [4.78, 5) is 25.3. The number of aromatic nitrogens is 2. The van der Waals surface area contributed by atoms with Crippen molar-refractivity contribution in [3.8, 4) is 5.75 Å². The number of benzene rings is 2. The third kappa shape index (κ3) is 4.55. The van der Waals surface area contributed by atoms with Gasteiger partial charge in [0.05, 0.1) is 17.1 Å². The standard InChI is InChI=1S/C21H18F2N4O5S/c22-21(23)32-16-6-8-17(9-7-16)33(30,31)27-11-15-10-26(12-18(15)25-27)20(29)19(24-13-28)14-4-2-1-3-5-14/h1-9,11,13,19,21H,10,12H2,(H,24,28)/t19-/m0/s1. The first-order chi connectivity index (χ1) is 15.8. The summed E-state index contributed by atoms with van der Waals surface area (Å²) in [7, 11) is -4.07. The van der Waals surface area contributed by atoms with Crippen molar-refractivity contribution >= 4 is 22.3 Å². The highest BCUT2D eigenvalue weighted by Gasteiger charge is 2.33. The number of nitrogens with one attached hydrogen (secondary N) is 1. The summed E-state index contributed by atoms with van der Waals surface area (Å²) in [5.74, 6) is -0.520. The molecule has 3 aromatic rings. The van der Waals surface area contributed by atoms with Gasteiger partial charge in [0.1, 0.15) is 11.8 Å². The van der Waals surface area contributed by atoms with Gasteiger partial charge in [0.25, 0.3) is 10.0 Å². The molecule has 0 aliphatic carbocycles. The van der Waals surface area contributed by atoms with Crippen LogP contribution in [0.5, 0.6) is 5.75 Å². The van der Waals surface area contributed by atoms with Gasteiger partial charge >= 0.3 is 6.61 Å². The molecule has 2 heterocycles. The van der Waals surface area contributed by atoms with Crippen LogP contribution in [-0.2, 0) is 32.7 Å². The molecule has 0 radical (unpaired) electrons. The van der Waals surface area contributed by atoms with Crippen molar-refractivity contribution in [3.63, 3.8) is 0 Å². The van der Waals surface area contributed by atoms with E-state index in [4.69, 9.17) is 0 Å². The van der Waals surface area contributed by atoms with Gasteiger partial charge in [0.2, 0.25) is 12.3 Å². The molecule has 1 aromatic heterocycles. The summed E-state index contributed by atoms with van der Waals surface area (Å²) >= 11 is 0. The van der Waals surface area contributed by atoms with Gasteiger partial charge in [-0.05, 0) is 29.8 Å².